The zero-order valence-electron chi connectivity index (χ0n) is 7.74. The second kappa shape index (κ2) is 3.04. The van der Waals surface area contributed by atoms with Crippen LogP contribution in [-0.4, -0.2) is 17.5 Å². The van der Waals surface area contributed by atoms with E-state index < -0.39 is 11.7 Å². The molecule has 1 rings (SSSR count). The van der Waals surface area contributed by atoms with Crippen LogP contribution in [0.5, 0.6) is 0 Å². The van der Waals surface area contributed by atoms with Gasteiger partial charge < -0.3 is 9.84 Å². The lowest BCUT2D eigenvalue weighted by Gasteiger charge is -2.22. The van der Waals surface area contributed by atoms with Gasteiger partial charge in [-0.3, -0.25) is 0 Å². The van der Waals surface area contributed by atoms with Gasteiger partial charge in [0.05, 0.1) is 12.2 Å². The largest absolute Gasteiger partial charge is 0.367 e. The third-order valence-electron chi connectivity index (χ3n) is 2.96. The van der Waals surface area contributed by atoms with Crippen LogP contribution in [0.1, 0.15) is 27.2 Å². The zero-order chi connectivity index (χ0) is 9.35. The van der Waals surface area contributed by atoms with Gasteiger partial charge in [-0.05, 0) is 13.3 Å². The normalized spacial score (nSPS) is 47.4. The van der Waals surface area contributed by atoms with Crippen LogP contribution >= 0.6 is 0 Å². The Bertz CT molecular complexity index is 211. The van der Waals surface area contributed by atoms with Crippen molar-refractivity contribution in [2.75, 3.05) is 0 Å². The fourth-order valence-corrected chi connectivity index (χ4v) is 1.64. The molecule has 0 aromatic carbocycles. The average molecular weight is 169 g/mol. The second-order valence-corrected chi connectivity index (χ2v) is 3.62. The highest BCUT2D eigenvalue weighted by molar-refractivity contribution is 5.06. The van der Waals surface area contributed by atoms with Gasteiger partial charge in [-0.25, -0.2) is 0 Å². The molecule has 3 heteroatoms. The van der Waals surface area contributed by atoms with Gasteiger partial charge in [0, 0.05) is 5.92 Å². The molecule has 1 N–H and O–H groups in total. The lowest BCUT2D eigenvalue weighted by atomic mass is 9.78. The summed E-state index contributed by atoms with van der Waals surface area (Å²) in [7, 11) is 0. The van der Waals surface area contributed by atoms with Gasteiger partial charge in [0.15, 0.2) is 6.29 Å². The summed E-state index contributed by atoms with van der Waals surface area (Å²) >= 11 is 0. The molecule has 1 aliphatic heterocycles. The Morgan fingerprint density at radius 1 is 1.67 bits per heavy atom. The van der Waals surface area contributed by atoms with Crippen molar-refractivity contribution >= 4 is 0 Å². The van der Waals surface area contributed by atoms with Gasteiger partial charge >= 0.3 is 0 Å². The molecule has 1 fully saturated rings. The van der Waals surface area contributed by atoms with E-state index in [1.165, 1.54) is 0 Å². The van der Waals surface area contributed by atoms with Crippen LogP contribution in [0.4, 0.5) is 0 Å². The van der Waals surface area contributed by atoms with Crippen LogP contribution in [0.15, 0.2) is 0 Å². The maximum absolute atomic E-state index is 9.48. The number of nitrogens with zero attached hydrogens (tertiary/aromatic N) is 1. The molecule has 0 aromatic heterocycles. The first kappa shape index (κ1) is 9.50. The molecule has 4 atom stereocenters. The van der Waals surface area contributed by atoms with Gasteiger partial charge in [0.2, 0.25) is 0 Å². The molecule has 1 aliphatic rings. The summed E-state index contributed by atoms with van der Waals surface area (Å²) in [6, 6.07) is 2.13. The summed E-state index contributed by atoms with van der Waals surface area (Å²) in [5.74, 6) is 0.0995. The topological polar surface area (TPSA) is 53.2 Å². The Morgan fingerprint density at radius 2 is 2.25 bits per heavy atom. The van der Waals surface area contributed by atoms with Gasteiger partial charge in [-0.2, -0.15) is 5.26 Å². The van der Waals surface area contributed by atoms with Crippen LogP contribution in [0, 0.1) is 22.7 Å². The minimum Gasteiger partial charge on any atom is -0.367 e. The van der Waals surface area contributed by atoms with Gasteiger partial charge in [-0.1, -0.05) is 13.8 Å². The van der Waals surface area contributed by atoms with Crippen LogP contribution in [0.3, 0.4) is 0 Å². The number of aliphatic hydroxyl groups excluding tert-OH is 1. The number of hydrogen-bond donors (Lipinski definition) is 1. The summed E-state index contributed by atoms with van der Waals surface area (Å²) in [6.07, 6.45) is -0.0673. The van der Waals surface area contributed by atoms with Crippen LogP contribution in [0.2, 0.25) is 0 Å². The van der Waals surface area contributed by atoms with E-state index in [2.05, 4.69) is 6.07 Å². The van der Waals surface area contributed by atoms with Crippen molar-refractivity contribution in [1.82, 2.24) is 0 Å². The number of aliphatic hydroxyl groups is 1. The SMILES string of the molecule is CC[C@H]1OC(O)[C@](C)(C#N)[C@@H]1C. The van der Waals surface area contributed by atoms with Crippen molar-refractivity contribution in [3.05, 3.63) is 0 Å². The lowest BCUT2D eigenvalue weighted by Crippen LogP contribution is -2.30. The predicted octanol–water partition coefficient (Wildman–Crippen LogP) is 1.28. The van der Waals surface area contributed by atoms with E-state index in [-0.39, 0.29) is 12.0 Å². The highest BCUT2D eigenvalue weighted by Crippen LogP contribution is 2.42. The standard InChI is InChI=1S/C9H15NO2/c1-4-7-6(2)9(3,5-10)8(11)12-7/h6-8,11H,4H2,1-3H3/t6-,7-,8?,9-/m1/s1. The first-order valence-corrected chi connectivity index (χ1v) is 4.31. The molecule has 0 spiro atoms. The average Bonchev–Trinajstić information content (AvgIpc) is 2.30. The van der Waals surface area contributed by atoms with E-state index in [0.29, 0.717) is 0 Å². The third-order valence-corrected chi connectivity index (χ3v) is 2.96. The molecule has 0 bridgehead atoms. The molecule has 0 aliphatic carbocycles. The molecule has 0 aromatic rings. The second-order valence-electron chi connectivity index (χ2n) is 3.62. The summed E-state index contributed by atoms with van der Waals surface area (Å²) < 4.78 is 5.26. The molecule has 0 saturated carbocycles. The molecule has 12 heavy (non-hydrogen) atoms. The number of rotatable bonds is 1. The van der Waals surface area contributed by atoms with Crippen molar-refractivity contribution in [3.8, 4) is 6.07 Å². The van der Waals surface area contributed by atoms with Gasteiger partial charge in [0.25, 0.3) is 0 Å². The van der Waals surface area contributed by atoms with E-state index in [0.717, 1.165) is 6.42 Å². The highest BCUT2D eigenvalue weighted by atomic mass is 16.6. The Labute approximate surface area is 73.0 Å². The van der Waals surface area contributed by atoms with E-state index in [1.807, 2.05) is 13.8 Å². The Hall–Kier alpha value is -0.590. The van der Waals surface area contributed by atoms with Gasteiger partial charge in [0.1, 0.15) is 5.41 Å². The first-order chi connectivity index (χ1) is 5.56. The molecule has 1 saturated heterocycles. The summed E-state index contributed by atoms with van der Waals surface area (Å²) in [4.78, 5) is 0. The predicted molar refractivity (Wildman–Crippen MR) is 44.1 cm³/mol. The van der Waals surface area contributed by atoms with Crippen molar-refractivity contribution in [2.45, 2.75) is 39.6 Å². The van der Waals surface area contributed by atoms with E-state index in [9.17, 15) is 5.11 Å². The number of hydrogen-bond acceptors (Lipinski definition) is 3. The first-order valence-electron chi connectivity index (χ1n) is 4.31. The van der Waals surface area contributed by atoms with Crippen LogP contribution in [0.25, 0.3) is 0 Å². The van der Waals surface area contributed by atoms with E-state index >= 15 is 0 Å². The summed E-state index contributed by atoms with van der Waals surface area (Å²) in [6.45, 7) is 5.70. The molecule has 3 nitrogen and oxygen atoms in total. The maximum Gasteiger partial charge on any atom is 0.173 e. The van der Waals surface area contributed by atoms with E-state index in [4.69, 9.17) is 10.00 Å². The monoisotopic (exact) mass is 169 g/mol. The minimum atomic E-state index is -0.928. The van der Waals surface area contributed by atoms with Crippen molar-refractivity contribution < 1.29 is 9.84 Å². The van der Waals surface area contributed by atoms with E-state index in [1.54, 1.807) is 6.92 Å². The highest BCUT2D eigenvalue weighted by Gasteiger charge is 2.50. The van der Waals surface area contributed by atoms with Crippen LogP contribution in [-0.2, 0) is 4.74 Å². The fourth-order valence-electron chi connectivity index (χ4n) is 1.64. The molecule has 68 valence electrons. The Balaban J connectivity index is 2.85. The van der Waals surface area contributed by atoms with Crippen molar-refractivity contribution in [3.63, 3.8) is 0 Å². The number of ether oxygens (including phenoxy) is 1. The smallest absolute Gasteiger partial charge is 0.173 e. The van der Waals surface area contributed by atoms with Crippen molar-refractivity contribution in [2.24, 2.45) is 11.3 Å². The summed E-state index contributed by atoms with van der Waals surface area (Å²) in [5.41, 5.74) is -0.735. The third kappa shape index (κ3) is 1.12. The van der Waals surface area contributed by atoms with Crippen molar-refractivity contribution in [1.29, 1.82) is 5.26 Å². The van der Waals surface area contributed by atoms with Crippen LogP contribution < -0.4 is 0 Å². The van der Waals surface area contributed by atoms with Gasteiger partial charge in [-0.15, -0.1) is 0 Å². The molecule has 0 amide bonds. The lowest BCUT2D eigenvalue weighted by molar-refractivity contribution is -0.119. The fraction of sp³-hybridized carbons (Fsp3) is 0.889. The zero-order valence-corrected chi connectivity index (χ0v) is 7.74. The Kier molecular flexibility index (Phi) is 2.41. The minimum absolute atomic E-state index is 0.0182. The number of nitriles is 1. The summed E-state index contributed by atoms with van der Waals surface area (Å²) in [5, 5.41) is 18.4. The maximum atomic E-state index is 9.48. The molecular weight excluding hydrogens is 154 g/mol. The quantitative estimate of drug-likeness (QED) is 0.643. The Morgan fingerprint density at radius 3 is 2.50 bits per heavy atom. The molecule has 1 unspecified atom stereocenters. The molecule has 1 heterocycles. The molecule has 0 radical (unpaired) electrons. The molecular formula is C9H15NO2.